The lowest BCUT2D eigenvalue weighted by molar-refractivity contribution is -0.902. The van der Waals surface area contributed by atoms with Crippen LogP contribution in [0.4, 0.5) is 13.2 Å². The van der Waals surface area contributed by atoms with Crippen molar-refractivity contribution in [2.24, 2.45) is 0 Å². The molecule has 0 aromatic carbocycles. The smallest absolute Gasteiger partial charge is 0.334 e. The molecule has 1 aliphatic carbocycles. The fraction of sp³-hybridized carbons (Fsp3) is 0.647. The number of hydrogen-bond acceptors (Lipinski definition) is 3. The molecule has 1 aromatic heterocycles. The molecule has 0 amide bonds. The first-order chi connectivity index (χ1) is 11.5. The molecule has 0 bridgehead atoms. The SMILES string of the molecule is N#Cc1c(C(F)(F)F)cc(C2CC2)nc1SCC[NH+]1CCCCC1. The third kappa shape index (κ3) is 4.22. The van der Waals surface area contributed by atoms with Crippen LogP contribution in [-0.4, -0.2) is 30.4 Å². The molecule has 3 nitrogen and oxygen atoms in total. The molecule has 130 valence electrons. The molecule has 1 N–H and O–H groups in total. The molecule has 0 radical (unpaired) electrons. The molecule has 2 fully saturated rings. The van der Waals surface area contributed by atoms with Gasteiger partial charge < -0.3 is 4.90 Å². The standard InChI is InChI=1S/C17H20F3N3S/c18-17(19,20)14-10-15(12-4-5-12)22-16(13(14)11-21)24-9-8-23-6-2-1-3-7-23/h10,12H,1-9H2/p+1. The Morgan fingerprint density at radius 2 is 1.96 bits per heavy atom. The summed E-state index contributed by atoms with van der Waals surface area (Å²) in [5.74, 6) is 0.827. The average Bonchev–Trinajstić information content (AvgIpc) is 3.39. The Bertz CT molecular complexity index is 629. The summed E-state index contributed by atoms with van der Waals surface area (Å²) in [6.45, 7) is 3.18. The molecule has 3 rings (SSSR count). The van der Waals surface area contributed by atoms with Crippen LogP contribution in [0.5, 0.6) is 0 Å². The Hall–Kier alpha value is -1.26. The number of nitrogens with one attached hydrogen (secondary N) is 1. The van der Waals surface area contributed by atoms with E-state index in [9.17, 15) is 18.4 Å². The number of aromatic nitrogens is 1. The number of rotatable bonds is 5. The lowest BCUT2D eigenvalue weighted by Gasteiger charge is -2.23. The number of nitrogens with zero attached hydrogens (tertiary/aromatic N) is 2. The molecule has 0 unspecified atom stereocenters. The van der Waals surface area contributed by atoms with E-state index in [1.807, 2.05) is 0 Å². The molecule has 2 aliphatic rings. The van der Waals surface area contributed by atoms with E-state index in [-0.39, 0.29) is 16.5 Å². The Balaban J connectivity index is 1.77. The van der Waals surface area contributed by atoms with Gasteiger partial charge in [-0.1, -0.05) is 11.8 Å². The highest BCUT2D eigenvalue weighted by molar-refractivity contribution is 7.99. The van der Waals surface area contributed by atoms with Crippen LogP contribution in [0.1, 0.15) is 54.8 Å². The Morgan fingerprint density at radius 3 is 2.54 bits per heavy atom. The van der Waals surface area contributed by atoms with Crippen LogP contribution < -0.4 is 4.90 Å². The predicted octanol–water partition coefficient (Wildman–Crippen LogP) is 3.01. The maximum absolute atomic E-state index is 13.3. The first-order valence-electron chi connectivity index (χ1n) is 8.47. The number of hydrogen-bond donors (Lipinski definition) is 1. The molecule has 1 saturated heterocycles. The van der Waals surface area contributed by atoms with Crippen LogP contribution in [-0.2, 0) is 6.18 Å². The van der Waals surface area contributed by atoms with Crippen molar-refractivity contribution < 1.29 is 18.1 Å². The lowest BCUT2D eigenvalue weighted by atomic mass is 10.1. The van der Waals surface area contributed by atoms with Gasteiger partial charge in [0.15, 0.2) is 0 Å². The summed E-state index contributed by atoms with van der Waals surface area (Å²) in [7, 11) is 0. The van der Waals surface area contributed by atoms with Gasteiger partial charge in [0.1, 0.15) is 11.1 Å². The van der Waals surface area contributed by atoms with Gasteiger partial charge in [0.05, 0.1) is 30.8 Å². The topological polar surface area (TPSA) is 41.1 Å². The summed E-state index contributed by atoms with van der Waals surface area (Å²) in [5.41, 5.74) is -0.644. The van der Waals surface area contributed by atoms with Crippen molar-refractivity contribution in [3.05, 3.63) is 22.9 Å². The van der Waals surface area contributed by atoms with Crippen molar-refractivity contribution in [3.63, 3.8) is 0 Å². The third-order valence-electron chi connectivity index (χ3n) is 4.67. The van der Waals surface area contributed by atoms with Crippen molar-refractivity contribution in [2.45, 2.75) is 49.2 Å². The van der Waals surface area contributed by atoms with Crippen molar-refractivity contribution in [2.75, 3.05) is 25.4 Å². The second-order valence-electron chi connectivity index (χ2n) is 6.57. The molecule has 0 spiro atoms. The summed E-state index contributed by atoms with van der Waals surface area (Å²) in [6, 6.07) is 2.82. The fourth-order valence-electron chi connectivity index (χ4n) is 3.16. The minimum atomic E-state index is -4.51. The van der Waals surface area contributed by atoms with E-state index in [1.165, 1.54) is 35.9 Å². The first kappa shape index (κ1) is 17.6. The van der Waals surface area contributed by atoms with Gasteiger partial charge in [0.25, 0.3) is 0 Å². The number of pyridine rings is 1. The van der Waals surface area contributed by atoms with Gasteiger partial charge in [0, 0.05) is 17.4 Å². The molecule has 0 atom stereocenters. The molecule has 24 heavy (non-hydrogen) atoms. The highest BCUT2D eigenvalue weighted by Crippen LogP contribution is 2.43. The Morgan fingerprint density at radius 1 is 1.25 bits per heavy atom. The van der Waals surface area contributed by atoms with Crippen molar-refractivity contribution in [1.82, 2.24) is 4.98 Å². The van der Waals surface area contributed by atoms with Crippen molar-refractivity contribution in [1.29, 1.82) is 5.26 Å². The maximum atomic E-state index is 13.3. The quantitative estimate of drug-likeness (QED) is 0.825. The van der Waals surface area contributed by atoms with E-state index in [0.717, 1.165) is 38.5 Å². The summed E-state index contributed by atoms with van der Waals surface area (Å²) >= 11 is 1.30. The monoisotopic (exact) mass is 356 g/mol. The minimum absolute atomic E-state index is 0.130. The summed E-state index contributed by atoms with van der Waals surface area (Å²) in [4.78, 5) is 5.90. The van der Waals surface area contributed by atoms with E-state index in [0.29, 0.717) is 11.4 Å². The number of alkyl halides is 3. The van der Waals surface area contributed by atoms with E-state index < -0.39 is 11.7 Å². The van der Waals surface area contributed by atoms with E-state index in [1.54, 1.807) is 6.07 Å². The van der Waals surface area contributed by atoms with Gasteiger partial charge in [0.2, 0.25) is 0 Å². The van der Waals surface area contributed by atoms with E-state index in [2.05, 4.69) is 4.98 Å². The van der Waals surface area contributed by atoms with Gasteiger partial charge >= 0.3 is 6.18 Å². The van der Waals surface area contributed by atoms with Crippen molar-refractivity contribution >= 4 is 11.8 Å². The fourth-order valence-corrected chi connectivity index (χ4v) is 4.21. The molecule has 7 heteroatoms. The Kier molecular flexibility index (Phi) is 5.36. The van der Waals surface area contributed by atoms with Crippen LogP contribution in [0.25, 0.3) is 0 Å². The second-order valence-corrected chi connectivity index (χ2v) is 7.65. The molecule has 2 heterocycles. The normalized spacial score (nSPS) is 19.2. The zero-order chi connectivity index (χ0) is 17.2. The molecule has 1 aliphatic heterocycles. The largest absolute Gasteiger partial charge is 0.417 e. The third-order valence-corrected chi connectivity index (χ3v) is 5.65. The molecular weight excluding hydrogens is 335 g/mol. The van der Waals surface area contributed by atoms with Crippen LogP contribution in [0.3, 0.4) is 0 Å². The van der Waals surface area contributed by atoms with Gasteiger partial charge in [-0.15, -0.1) is 0 Å². The molecule has 1 saturated carbocycles. The highest BCUT2D eigenvalue weighted by atomic mass is 32.2. The van der Waals surface area contributed by atoms with Crippen LogP contribution in [0.2, 0.25) is 0 Å². The average molecular weight is 356 g/mol. The zero-order valence-electron chi connectivity index (χ0n) is 13.5. The maximum Gasteiger partial charge on any atom is 0.417 e. The highest BCUT2D eigenvalue weighted by Gasteiger charge is 2.38. The van der Waals surface area contributed by atoms with Gasteiger partial charge in [-0.05, 0) is 38.2 Å². The minimum Gasteiger partial charge on any atom is -0.334 e. The zero-order valence-corrected chi connectivity index (χ0v) is 14.3. The summed E-state index contributed by atoms with van der Waals surface area (Å²) in [5, 5.41) is 9.50. The van der Waals surface area contributed by atoms with Crippen molar-refractivity contribution in [3.8, 4) is 6.07 Å². The van der Waals surface area contributed by atoms with Crippen LogP contribution in [0, 0.1) is 11.3 Å². The Labute approximate surface area is 144 Å². The van der Waals surface area contributed by atoms with Gasteiger partial charge in [-0.2, -0.15) is 18.4 Å². The van der Waals surface area contributed by atoms with E-state index >= 15 is 0 Å². The molecule has 1 aromatic rings. The second kappa shape index (κ2) is 7.32. The number of piperidine rings is 1. The van der Waals surface area contributed by atoms with Crippen LogP contribution in [0.15, 0.2) is 11.1 Å². The summed E-state index contributed by atoms with van der Waals surface area (Å²) < 4.78 is 39.9. The number of halogens is 3. The van der Waals surface area contributed by atoms with Gasteiger partial charge in [-0.25, -0.2) is 4.98 Å². The predicted molar refractivity (Wildman–Crippen MR) is 86.1 cm³/mol. The van der Waals surface area contributed by atoms with E-state index in [4.69, 9.17) is 0 Å². The lowest BCUT2D eigenvalue weighted by Crippen LogP contribution is -3.13. The van der Waals surface area contributed by atoms with Crippen LogP contribution >= 0.6 is 11.8 Å². The number of nitriles is 1. The number of quaternary nitrogens is 1. The first-order valence-corrected chi connectivity index (χ1v) is 9.46. The van der Waals surface area contributed by atoms with Gasteiger partial charge in [-0.3, -0.25) is 0 Å². The molecular formula is C17H21F3N3S+. The number of thioether (sulfide) groups is 1. The summed E-state index contributed by atoms with van der Waals surface area (Å²) in [6.07, 6.45) is 0.977. The number of likely N-dealkylation sites (tertiary alicyclic amines) is 1.